The highest BCUT2D eigenvalue weighted by atomic mass is 79.9. The molecule has 8 heteroatoms. The van der Waals surface area contributed by atoms with E-state index in [2.05, 4.69) is 41.4 Å². The number of rotatable bonds is 4. The number of H-pyrrole nitrogens is 1. The summed E-state index contributed by atoms with van der Waals surface area (Å²) in [6, 6.07) is 1.73. The van der Waals surface area contributed by atoms with Crippen LogP contribution in [-0.4, -0.2) is 40.2 Å². The van der Waals surface area contributed by atoms with Crippen molar-refractivity contribution in [3.8, 4) is 0 Å². The number of anilines is 2. The number of carbonyl (C=O) groups is 1. The minimum atomic E-state index is -0.281. The lowest BCUT2D eigenvalue weighted by molar-refractivity contribution is 0.102. The van der Waals surface area contributed by atoms with Gasteiger partial charge in [-0.1, -0.05) is 6.42 Å². The minimum Gasteiger partial charge on any atom is -0.362 e. The van der Waals surface area contributed by atoms with Crippen molar-refractivity contribution in [2.45, 2.75) is 25.2 Å². The molecule has 2 aromatic heterocycles. The van der Waals surface area contributed by atoms with Gasteiger partial charge in [0.2, 0.25) is 5.95 Å². The van der Waals surface area contributed by atoms with Crippen LogP contribution in [0.15, 0.2) is 16.7 Å². The lowest BCUT2D eigenvalue weighted by atomic mass is 9.85. The zero-order chi connectivity index (χ0) is 15.7. The van der Waals surface area contributed by atoms with Crippen LogP contribution in [0.3, 0.4) is 0 Å². The van der Waals surface area contributed by atoms with E-state index >= 15 is 0 Å². The molecule has 7 nitrogen and oxygen atoms in total. The van der Waals surface area contributed by atoms with E-state index in [-0.39, 0.29) is 5.91 Å². The molecule has 2 heterocycles. The summed E-state index contributed by atoms with van der Waals surface area (Å²) >= 11 is 3.34. The van der Waals surface area contributed by atoms with E-state index < -0.39 is 0 Å². The van der Waals surface area contributed by atoms with Gasteiger partial charge in [0.15, 0.2) is 0 Å². The maximum absolute atomic E-state index is 12.5. The molecule has 1 saturated carbocycles. The van der Waals surface area contributed by atoms with E-state index in [9.17, 15) is 4.79 Å². The summed E-state index contributed by atoms with van der Waals surface area (Å²) < 4.78 is 0.744. The highest BCUT2D eigenvalue weighted by Gasteiger charge is 2.24. The maximum atomic E-state index is 12.5. The molecule has 1 fully saturated rings. The third-order valence-electron chi connectivity index (χ3n) is 3.72. The fourth-order valence-electron chi connectivity index (χ4n) is 2.32. The van der Waals surface area contributed by atoms with E-state index in [1.165, 1.54) is 6.42 Å². The molecule has 1 amide bonds. The largest absolute Gasteiger partial charge is 0.362 e. The number of carbonyl (C=O) groups excluding carboxylic acids is 1. The molecule has 0 spiro atoms. The molecule has 0 aromatic carbocycles. The Hall–Kier alpha value is -1.96. The number of hydrogen-bond donors (Lipinski definition) is 2. The molecule has 116 valence electrons. The molecule has 1 aliphatic carbocycles. The van der Waals surface area contributed by atoms with Crippen LogP contribution in [0.4, 0.5) is 11.8 Å². The van der Waals surface area contributed by atoms with Crippen LogP contribution >= 0.6 is 15.9 Å². The van der Waals surface area contributed by atoms with Crippen molar-refractivity contribution >= 4 is 33.6 Å². The van der Waals surface area contributed by atoms with Gasteiger partial charge in [0.05, 0.1) is 5.56 Å². The van der Waals surface area contributed by atoms with Crippen molar-refractivity contribution in [3.05, 3.63) is 28.1 Å². The van der Waals surface area contributed by atoms with Crippen molar-refractivity contribution < 1.29 is 4.79 Å². The number of halogens is 1. The molecule has 0 radical (unpaired) electrons. The molecule has 0 unspecified atom stereocenters. The lowest BCUT2D eigenvalue weighted by Gasteiger charge is -2.22. The first-order chi connectivity index (χ1) is 10.5. The third-order valence-corrected chi connectivity index (χ3v) is 4.16. The van der Waals surface area contributed by atoms with E-state index in [0.29, 0.717) is 23.2 Å². The Bertz CT molecular complexity index is 694. The number of aromatic nitrogens is 4. The molecule has 0 bridgehead atoms. The first kappa shape index (κ1) is 15.0. The fourth-order valence-corrected chi connectivity index (χ4v) is 2.65. The van der Waals surface area contributed by atoms with E-state index in [4.69, 9.17) is 0 Å². The number of pyridine rings is 1. The standard InChI is InChI=1S/C14H17BrN6O/c1-21(2)12-10(6-9(15)7-16-12)13(22)18-14-17-11(19-20-14)8-4-3-5-8/h6-8H,3-5H2,1-2H3,(H2,17,18,19,20,22). The Morgan fingerprint density at radius 1 is 1.45 bits per heavy atom. The molecular formula is C14H17BrN6O. The van der Waals surface area contributed by atoms with Crippen LogP contribution < -0.4 is 10.2 Å². The molecule has 2 N–H and O–H groups in total. The van der Waals surface area contributed by atoms with Crippen molar-refractivity contribution in [1.82, 2.24) is 20.2 Å². The average molecular weight is 365 g/mol. The molecule has 3 rings (SSSR count). The van der Waals surface area contributed by atoms with Crippen LogP contribution in [0.5, 0.6) is 0 Å². The van der Waals surface area contributed by atoms with Crippen molar-refractivity contribution in [3.63, 3.8) is 0 Å². The summed E-state index contributed by atoms with van der Waals surface area (Å²) in [7, 11) is 3.68. The summed E-state index contributed by atoms with van der Waals surface area (Å²) in [6.07, 6.45) is 5.14. The SMILES string of the molecule is CN(C)c1ncc(Br)cc1C(=O)Nc1n[nH]c(C2CCC2)n1. The van der Waals surface area contributed by atoms with E-state index in [0.717, 1.165) is 23.1 Å². The van der Waals surface area contributed by atoms with Gasteiger partial charge in [0, 0.05) is 30.7 Å². The second-order valence-electron chi connectivity index (χ2n) is 5.55. The van der Waals surface area contributed by atoms with Crippen LogP contribution in [0.1, 0.15) is 41.4 Å². The second-order valence-corrected chi connectivity index (χ2v) is 6.46. The monoisotopic (exact) mass is 364 g/mol. The number of nitrogens with zero attached hydrogens (tertiary/aromatic N) is 4. The fraction of sp³-hybridized carbons (Fsp3) is 0.429. The number of nitrogens with one attached hydrogen (secondary N) is 2. The van der Waals surface area contributed by atoms with Crippen molar-refractivity contribution in [1.29, 1.82) is 0 Å². The Labute approximate surface area is 136 Å². The molecule has 0 aliphatic heterocycles. The topological polar surface area (TPSA) is 86.8 Å². The zero-order valence-corrected chi connectivity index (χ0v) is 14.0. The zero-order valence-electron chi connectivity index (χ0n) is 12.4. The molecule has 2 aromatic rings. The molecule has 0 saturated heterocycles. The number of aromatic amines is 1. The highest BCUT2D eigenvalue weighted by molar-refractivity contribution is 9.10. The molecule has 0 atom stereocenters. The van der Waals surface area contributed by atoms with Crippen molar-refractivity contribution in [2.75, 3.05) is 24.3 Å². The predicted octanol–water partition coefficient (Wildman–Crippen LogP) is 2.55. The lowest BCUT2D eigenvalue weighted by Crippen LogP contribution is -2.20. The van der Waals surface area contributed by atoms with Gasteiger partial charge in [-0.25, -0.2) is 4.98 Å². The summed E-state index contributed by atoms with van der Waals surface area (Å²) in [4.78, 5) is 22.9. The second kappa shape index (κ2) is 6.04. The number of amides is 1. The van der Waals surface area contributed by atoms with Gasteiger partial charge < -0.3 is 4.90 Å². The van der Waals surface area contributed by atoms with Gasteiger partial charge >= 0.3 is 0 Å². The predicted molar refractivity (Wildman–Crippen MR) is 87.2 cm³/mol. The van der Waals surface area contributed by atoms with Gasteiger partial charge in [-0.3, -0.25) is 15.2 Å². The Morgan fingerprint density at radius 2 is 2.23 bits per heavy atom. The summed E-state index contributed by atoms with van der Waals surface area (Å²) in [6.45, 7) is 0. The smallest absolute Gasteiger partial charge is 0.261 e. The van der Waals surface area contributed by atoms with E-state index in [1.807, 2.05) is 14.1 Å². The van der Waals surface area contributed by atoms with Gasteiger partial charge in [-0.05, 0) is 34.8 Å². The Kier molecular flexibility index (Phi) is 4.10. The van der Waals surface area contributed by atoms with E-state index in [1.54, 1.807) is 17.2 Å². The Morgan fingerprint density at radius 3 is 2.86 bits per heavy atom. The number of hydrogen-bond acceptors (Lipinski definition) is 5. The van der Waals surface area contributed by atoms with Gasteiger partial charge in [0.1, 0.15) is 11.6 Å². The van der Waals surface area contributed by atoms with Crippen molar-refractivity contribution in [2.24, 2.45) is 0 Å². The van der Waals surface area contributed by atoms with Crippen LogP contribution in [-0.2, 0) is 0 Å². The normalized spacial score (nSPS) is 14.5. The molecule has 22 heavy (non-hydrogen) atoms. The van der Waals surface area contributed by atoms with Gasteiger partial charge in [-0.2, -0.15) is 4.98 Å². The minimum absolute atomic E-state index is 0.281. The average Bonchev–Trinajstić information content (AvgIpc) is 2.84. The quantitative estimate of drug-likeness (QED) is 0.870. The first-order valence-electron chi connectivity index (χ1n) is 7.11. The molecular weight excluding hydrogens is 348 g/mol. The van der Waals surface area contributed by atoms with Crippen LogP contribution in [0.25, 0.3) is 0 Å². The molecule has 1 aliphatic rings. The highest BCUT2D eigenvalue weighted by Crippen LogP contribution is 2.34. The first-order valence-corrected chi connectivity index (χ1v) is 7.90. The van der Waals surface area contributed by atoms with Crippen LogP contribution in [0.2, 0.25) is 0 Å². The summed E-state index contributed by atoms with van der Waals surface area (Å²) in [5.74, 6) is 1.91. The summed E-state index contributed by atoms with van der Waals surface area (Å²) in [5, 5.41) is 9.69. The third kappa shape index (κ3) is 2.96. The van der Waals surface area contributed by atoms with Gasteiger partial charge in [0.25, 0.3) is 5.91 Å². The Balaban J connectivity index is 1.79. The summed E-state index contributed by atoms with van der Waals surface area (Å²) in [5.41, 5.74) is 0.467. The maximum Gasteiger partial charge on any atom is 0.261 e. The van der Waals surface area contributed by atoms with Crippen LogP contribution in [0, 0.1) is 0 Å². The van der Waals surface area contributed by atoms with Gasteiger partial charge in [-0.15, -0.1) is 5.10 Å².